The Hall–Kier alpha value is -2.13. The Bertz CT molecular complexity index is 1030. The number of amides is 1. The summed E-state index contributed by atoms with van der Waals surface area (Å²) in [7, 11) is 0. The number of aromatic nitrogens is 1. The van der Waals surface area contributed by atoms with Crippen LogP contribution in [0.5, 0.6) is 5.75 Å². The van der Waals surface area contributed by atoms with E-state index in [-0.39, 0.29) is 5.91 Å². The maximum atomic E-state index is 13.7. The Morgan fingerprint density at radius 2 is 2.03 bits per heavy atom. The smallest absolute Gasteiger partial charge is 0.261 e. The van der Waals surface area contributed by atoms with Gasteiger partial charge in [-0.3, -0.25) is 14.6 Å². The van der Waals surface area contributed by atoms with Gasteiger partial charge in [-0.1, -0.05) is 29.5 Å². The monoisotopic (exact) mass is 457 g/mol. The Balaban J connectivity index is 1.68. The van der Waals surface area contributed by atoms with Gasteiger partial charge in [-0.2, -0.15) is 0 Å². The zero-order valence-corrected chi connectivity index (χ0v) is 19.5. The maximum absolute atomic E-state index is 13.7. The molecule has 4 rings (SSSR count). The molecule has 0 aliphatic carbocycles. The van der Waals surface area contributed by atoms with Gasteiger partial charge in [0.25, 0.3) is 5.91 Å². The second-order valence-corrected chi connectivity index (χ2v) is 9.00. The molecule has 8 heteroatoms. The first-order valence-electron chi connectivity index (χ1n) is 10.5. The third kappa shape index (κ3) is 5.03. The second-order valence-electron chi connectivity index (χ2n) is 7.14. The lowest BCUT2D eigenvalue weighted by Crippen LogP contribution is -2.43. The molecule has 3 aromatic rings. The van der Waals surface area contributed by atoms with Gasteiger partial charge in [0.1, 0.15) is 11.3 Å². The van der Waals surface area contributed by atoms with Crippen molar-refractivity contribution in [1.29, 1.82) is 0 Å². The van der Waals surface area contributed by atoms with Crippen molar-refractivity contribution in [2.45, 2.75) is 11.8 Å². The van der Waals surface area contributed by atoms with E-state index in [1.807, 2.05) is 60.5 Å². The fourth-order valence-corrected chi connectivity index (χ4v) is 5.21. The van der Waals surface area contributed by atoms with E-state index < -0.39 is 0 Å². The van der Waals surface area contributed by atoms with E-state index in [0.717, 1.165) is 53.7 Å². The summed E-state index contributed by atoms with van der Waals surface area (Å²) in [6, 6.07) is 13.7. The number of fused-ring (bicyclic) bond motifs is 1. The van der Waals surface area contributed by atoms with E-state index in [1.165, 1.54) is 11.3 Å². The van der Waals surface area contributed by atoms with Crippen LogP contribution >= 0.6 is 23.1 Å². The summed E-state index contributed by atoms with van der Waals surface area (Å²) in [4.78, 5) is 23.7. The van der Waals surface area contributed by atoms with E-state index in [4.69, 9.17) is 14.5 Å². The van der Waals surface area contributed by atoms with Crippen molar-refractivity contribution in [2.75, 3.05) is 57.2 Å². The van der Waals surface area contributed by atoms with Crippen LogP contribution in [-0.4, -0.2) is 68.0 Å². The quantitative estimate of drug-likeness (QED) is 0.468. The average Bonchev–Trinajstić information content (AvgIpc) is 3.25. The van der Waals surface area contributed by atoms with Crippen LogP contribution in [0, 0.1) is 0 Å². The number of rotatable bonds is 8. The molecule has 1 aromatic heterocycles. The summed E-state index contributed by atoms with van der Waals surface area (Å²) in [5, 5.41) is 0.705. The van der Waals surface area contributed by atoms with Gasteiger partial charge in [0, 0.05) is 31.1 Å². The molecule has 0 unspecified atom stereocenters. The first-order chi connectivity index (χ1) is 15.2. The highest BCUT2D eigenvalue weighted by atomic mass is 32.2. The van der Waals surface area contributed by atoms with Crippen molar-refractivity contribution in [3.05, 3.63) is 48.0 Å². The van der Waals surface area contributed by atoms with Crippen LogP contribution in [-0.2, 0) is 4.74 Å². The van der Waals surface area contributed by atoms with Gasteiger partial charge in [-0.05, 0) is 37.4 Å². The van der Waals surface area contributed by atoms with Gasteiger partial charge in [0.2, 0.25) is 0 Å². The fourth-order valence-electron chi connectivity index (χ4n) is 3.62. The average molecular weight is 458 g/mol. The van der Waals surface area contributed by atoms with Crippen LogP contribution in [0.25, 0.3) is 10.2 Å². The molecule has 1 aliphatic heterocycles. The molecule has 31 heavy (non-hydrogen) atoms. The van der Waals surface area contributed by atoms with Crippen LogP contribution in [0.4, 0.5) is 5.13 Å². The lowest BCUT2D eigenvalue weighted by atomic mass is 10.2. The minimum absolute atomic E-state index is 0.0183. The summed E-state index contributed by atoms with van der Waals surface area (Å²) in [6.45, 7) is 7.15. The predicted octanol–water partition coefficient (Wildman–Crippen LogP) is 4.40. The highest BCUT2D eigenvalue weighted by Gasteiger charge is 2.25. The summed E-state index contributed by atoms with van der Waals surface area (Å²) in [5.41, 5.74) is 1.52. The molecule has 0 N–H and O–H groups in total. The molecule has 0 radical (unpaired) electrons. The number of morpholine rings is 1. The highest BCUT2D eigenvalue weighted by molar-refractivity contribution is 7.98. The first kappa shape index (κ1) is 22.1. The zero-order valence-electron chi connectivity index (χ0n) is 17.9. The SMILES string of the molecule is CCOc1cccc2sc(N(CCN3CCOCC3)C(=O)c3ccccc3SC)nc12. The van der Waals surface area contributed by atoms with Crippen molar-refractivity contribution in [3.63, 3.8) is 0 Å². The molecule has 1 fully saturated rings. The molecular formula is C23H27N3O3S2. The van der Waals surface area contributed by atoms with Crippen LogP contribution in [0.2, 0.25) is 0 Å². The van der Waals surface area contributed by atoms with Gasteiger partial charge < -0.3 is 9.47 Å². The second kappa shape index (κ2) is 10.5. The largest absolute Gasteiger partial charge is 0.492 e. The summed E-state index contributed by atoms with van der Waals surface area (Å²) >= 11 is 3.12. The van der Waals surface area contributed by atoms with Gasteiger partial charge in [0.05, 0.1) is 30.1 Å². The number of thioether (sulfide) groups is 1. The number of ether oxygens (including phenoxy) is 2. The summed E-state index contributed by atoms with van der Waals surface area (Å²) in [5.74, 6) is 0.739. The Morgan fingerprint density at radius 1 is 1.23 bits per heavy atom. The van der Waals surface area contributed by atoms with Crippen molar-refractivity contribution in [1.82, 2.24) is 9.88 Å². The van der Waals surface area contributed by atoms with Gasteiger partial charge in [-0.15, -0.1) is 11.8 Å². The molecule has 164 valence electrons. The molecule has 1 aliphatic rings. The zero-order chi connectivity index (χ0) is 21.6. The number of hydrogen-bond donors (Lipinski definition) is 0. The van der Waals surface area contributed by atoms with Crippen LogP contribution in [0.3, 0.4) is 0 Å². The number of carbonyl (C=O) groups excluding carboxylic acids is 1. The molecule has 2 heterocycles. The van der Waals surface area contributed by atoms with Crippen molar-refractivity contribution in [2.24, 2.45) is 0 Å². The number of benzene rings is 2. The highest BCUT2D eigenvalue weighted by Crippen LogP contribution is 2.35. The van der Waals surface area contributed by atoms with E-state index in [9.17, 15) is 4.79 Å². The number of thiazole rings is 1. The van der Waals surface area contributed by atoms with E-state index in [1.54, 1.807) is 11.8 Å². The number of carbonyl (C=O) groups is 1. The van der Waals surface area contributed by atoms with Crippen molar-refractivity contribution in [3.8, 4) is 5.75 Å². The minimum atomic E-state index is -0.0183. The van der Waals surface area contributed by atoms with Crippen LogP contribution in [0.15, 0.2) is 47.4 Å². The molecule has 0 saturated carbocycles. The van der Waals surface area contributed by atoms with E-state index in [2.05, 4.69) is 4.90 Å². The van der Waals surface area contributed by atoms with Crippen LogP contribution in [0.1, 0.15) is 17.3 Å². The summed E-state index contributed by atoms with van der Waals surface area (Å²) in [6.07, 6.45) is 2.00. The number of para-hydroxylation sites is 1. The lowest BCUT2D eigenvalue weighted by molar-refractivity contribution is 0.0391. The van der Waals surface area contributed by atoms with Crippen molar-refractivity contribution < 1.29 is 14.3 Å². The first-order valence-corrected chi connectivity index (χ1v) is 12.5. The minimum Gasteiger partial charge on any atom is -0.492 e. The maximum Gasteiger partial charge on any atom is 0.261 e. The third-order valence-electron chi connectivity index (χ3n) is 5.23. The Morgan fingerprint density at radius 3 is 2.81 bits per heavy atom. The molecule has 0 atom stereocenters. The number of hydrogen-bond acceptors (Lipinski definition) is 7. The van der Waals surface area contributed by atoms with Crippen LogP contribution < -0.4 is 9.64 Å². The van der Waals surface area contributed by atoms with E-state index >= 15 is 0 Å². The van der Waals surface area contributed by atoms with Crippen molar-refractivity contribution >= 4 is 44.4 Å². The fraction of sp³-hybridized carbons (Fsp3) is 0.391. The van der Waals surface area contributed by atoms with E-state index in [0.29, 0.717) is 23.8 Å². The molecule has 0 bridgehead atoms. The molecule has 2 aromatic carbocycles. The molecule has 1 saturated heterocycles. The lowest BCUT2D eigenvalue weighted by Gasteiger charge is -2.29. The Labute approximate surface area is 191 Å². The number of nitrogens with zero attached hydrogens (tertiary/aromatic N) is 3. The predicted molar refractivity (Wildman–Crippen MR) is 128 cm³/mol. The Kier molecular flexibility index (Phi) is 7.45. The number of anilines is 1. The van der Waals surface area contributed by atoms with Gasteiger partial charge in [-0.25, -0.2) is 4.98 Å². The topological polar surface area (TPSA) is 54.9 Å². The standard InChI is InChI=1S/C23H27N3O3S2/c1-3-29-18-8-6-10-20-21(18)24-23(31-20)26(12-11-25-13-15-28-16-14-25)22(27)17-7-4-5-9-19(17)30-2/h4-10H,3,11-16H2,1-2H3. The normalized spacial score (nSPS) is 14.6. The molecule has 1 amide bonds. The molecular weight excluding hydrogens is 430 g/mol. The van der Waals surface area contributed by atoms with Gasteiger partial charge >= 0.3 is 0 Å². The molecule has 0 spiro atoms. The van der Waals surface area contributed by atoms with Gasteiger partial charge in [0.15, 0.2) is 5.13 Å². The molecule has 6 nitrogen and oxygen atoms in total. The summed E-state index contributed by atoms with van der Waals surface area (Å²) < 4.78 is 12.2. The third-order valence-corrected chi connectivity index (χ3v) is 7.07.